The van der Waals surface area contributed by atoms with Gasteiger partial charge in [-0.15, -0.1) is 0 Å². The molecule has 0 bridgehead atoms. The number of aliphatic carboxylic acids is 1. The minimum absolute atomic E-state index is 0.0560. The highest BCUT2D eigenvalue weighted by Gasteiger charge is 2.40. The summed E-state index contributed by atoms with van der Waals surface area (Å²) in [6.07, 6.45) is 0.204. The summed E-state index contributed by atoms with van der Waals surface area (Å²) in [6.45, 7) is 1.64. The van der Waals surface area contributed by atoms with Crippen LogP contribution in [0.5, 0.6) is 0 Å². The average Bonchev–Trinajstić information content (AvgIpc) is 2.96. The molecular formula is C16H17N3O4. The van der Waals surface area contributed by atoms with E-state index in [9.17, 15) is 14.7 Å². The highest BCUT2D eigenvalue weighted by atomic mass is 16.6. The van der Waals surface area contributed by atoms with Gasteiger partial charge >= 0.3 is 5.97 Å². The summed E-state index contributed by atoms with van der Waals surface area (Å²) in [4.78, 5) is 29.2. The quantitative estimate of drug-likeness (QED) is 0.881. The standard InChI is InChI=1S/C16H17N3O4/c1-9-13(15(20)17-19(2)14(9)16(21)22)11-8-12(23-18-11)10-6-4-3-5-7-10/h3-7,12-13H,8H2,1-2H3,(H,17,20)(H,21,22). The summed E-state index contributed by atoms with van der Waals surface area (Å²) < 4.78 is 0. The predicted molar refractivity (Wildman–Crippen MR) is 82.1 cm³/mol. The molecule has 0 saturated carbocycles. The number of likely N-dealkylation sites (N-methyl/N-ethyl adjacent to an activating group) is 1. The minimum Gasteiger partial charge on any atom is -0.477 e. The molecular weight excluding hydrogens is 298 g/mol. The van der Waals surface area contributed by atoms with Crippen LogP contribution in [0.2, 0.25) is 0 Å². The Labute approximate surface area is 133 Å². The second-order valence-corrected chi connectivity index (χ2v) is 5.60. The fourth-order valence-corrected chi connectivity index (χ4v) is 3.01. The Morgan fingerprint density at radius 1 is 1.39 bits per heavy atom. The second-order valence-electron chi connectivity index (χ2n) is 5.60. The molecule has 2 aliphatic rings. The molecule has 7 nitrogen and oxygen atoms in total. The normalized spacial score (nSPS) is 24.2. The van der Waals surface area contributed by atoms with Gasteiger partial charge in [0.25, 0.3) is 5.91 Å². The predicted octanol–water partition coefficient (Wildman–Crippen LogP) is 1.46. The van der Waals surface area contributed by atoms with Crippen molar-refractivity contribution in [2.45, 2.75) is 19.4 Å². The molecule has 1 aromatic rings. The van der Waals surface area contributed by atoms with E-state index in [0.29, 0.717) is 17.7 Å². The van der Waals surface area contributed by atoms with Crippen LogP contribution < -0.4 is 5.43 Å². The molecule has 3 rings (SSSR count). The Morgan fingerprint density at radius 2 is 2.09 bits per heavy atom. The molecule has 1 amide bonds. The van der Waals surface area contributed by atoms with Gasteiger partial charge in [0.1, 0.15) is 11.6 Å². The molecule has 1 aromatic carbocycles. The Balaban J connectivity index is 1.87. The van der Waals surface area contributed by atoms with Crippen LogP contribution in [0.25, 0.3) is 0 Å². The van der Waals surface area contributed by atoms with Crippen molar-refractivity contribution in [2.24, 2.45) is 11.1 Å². The van der Waals surface area contributed by atoms with Gasteiger partial charge < -0.3 is 9.94 Å². The van der Waals surface area contributed by atoms with E-state index in [-0.39, 0.29) is 17.7 Å². The maximum absolute atomic E-state index is 12.3. The van der Waals surface area contributed by atoms with Gasteiger partial charge in [-0.25, -0.2) is 4.79 Å². The van der Waals surface area contributed by atoms with Crippen LogP contribution in [0.1, 0.15) is 25.0 Å². The average molecular weight is 315 g/mol. The largest absolute Gasteiger partial charge is 0.477 e. The molecule has 2 aliphatic heterocycles. The summed E-state index contributed by atoms with van der Waals surface area (Å²) in [7, 11) is 1.50. The number of carboxylic acids is 1. The number of hydrogen-bond acceptors (Lipinski definition) is 5. The van der Waals surface area contributed by atoms with Gasteiger partial charge in [-0.1, -0.05) is 35.5 Å². The Bertz CT molecular complexity index is 711. The third kappa shape index (κ3) is 2.65. The minimum atomic E-state index is -1.09. The van der Waals surface area contributed by atoms with Gasteiger partial charge in [0.05, 0.1) is 5.71 Å². The van der Waals surface area contributed by atoms with Gasteiger partial charge in [-0.3, -0.25) is 15.2 Å². The zero-order chi connectivity index (χ0) is 16.6. The SMILES string of the molecule is CC1=C(C(=O)O)N(C)NC(=O)C1C1=NOC(c2ccccc2)C1. The molecule has 2 unspecified atom stereocenters. The molecule has 120 valence electrons. The zero-order valence-electron chi connectivity index (χ0n) is 12.8. The number of rotatable bonds is 3. The van der Waals surface area contributed by atoms with Crippen LogP contribution >= 0.6 is 0 Å². The third-order valence-corrected chi connectivity index (χ3v) is 4.08. The fourth-order valence-electron chi connectivity index (χ4n) is 3.01. The van der Waals surface area contributed by atoms with E-state index < -0.39 is 11.9 Å². The first-order valence-corrected chi connectivity index (χ1v) is 7.25. The van der Waals surface area contributed by atoms with E-state index in [4.69, 9.17) is 4.84 Å². The number of nitrogens with one attached hydrogen (secondary N) is 1. The van der Waals surface area contributed by atoms with Crippen molar-refractivity contribution in [3.05, 3.63) is 47.2 Å². The highest BCUT2D eigenvalue weighted by molar-refractivity contribution is 6.09. The number of carboxylic acid groups (broad SMARTS) is 1. The molecule has 0 radical (unpaired) electrons. The molecule has 23 heavy (non-hydrogen) atoms. The van der Waals surface area contributed by atoms with Gasteiger partial charge in [0.15, 0.2) is 6.10 Å². The molecule has 0 spiro atoms. The van der Waals surface area contributed by atoms with Crippen LogP contribution in [0.3, 0.4) is 0 Å². The summed E-state index contributed by atoms with van der Waals surface area (Å²) in [6, 6.07) is 9.60. The number of carbonyl (C=O) groups is 2. The van der Waals surface area contributed by atoms with Crippen molar-refractivity contribution in [1.82, 2.24) is 10.4 Å². The number of benzene rings is 1. The third-order valence-electron chi connectivity index (χ3n) is 4.08. The number of oxime groups is 1. The van der Waals surface area contributed by atoms with E-state index in [0.717, 1.165) is 5.56 Å². The van der Waals surface area contributed by atoms with Crippen molar-refractivity contribution in [2.75, 3.05) is 7.05 Å². The van der Waals surface area contributed by atoms with Crippen molar-refractivity contribution in [3.63, 3.8) is 0 Å². The van der Waals surface area contributed by atoms with Crippen LogP contribution in [-0.4, -0.2) is 34.8 Å². The van der Waals surface area contributed by atoms with Crippen molar-refractivity contribution >= 4 is 17.6 Å². The maximum atomic E-state index is 12.3. The maximum Gasteiger partial charge on any atom is 0.353 e. The molecule has 0 aromatic heterocycles. The molecule has 7 heteroatoms. The summed E-state index contributed by atoms with van der Waals surface area (Å²) in [5, 5.41) is 14.6. The van der Waals surface area contributed by atoms with Crippen LogP contribution in [0, 0.1) is 5.92 Å². The van der Waals surface area contributed by atoms with E-state index in [1.165, 1.54) is 12.1 Å². The summed E-state index contributed by atoms with van der Waals surface area (Å²) >= 11 is 0. The number of amides is 1. The molecule has 0 fully saturated rings. The molecule has 2 atom stereocenters. The van der Waals surface area contributed by atoms with Crippen LogP contribution in [-0.2, 0) is 14.4 Å². The summed E-state index contributed by atoms with van der Waals surface area (Å²) in [5.41, 5.74) is 4.57. The highest BCUT2D eigenvalue weighted by Crippen LogP contribution is 2.33. The summed E-state index contributed by atoms with van der Waals surface area (Å²) in [5.74, 6) is -2.11. The smallest absolute Gasteiger partial charge is 0.353 e. The number of hydrazine groups is 1. The topological polar surface area (TPSA) is 91.2 Å². The molecule has 0 saturated heterocycles. The Hall–Kier alpha value is -2.83. The second kappa shape index (κ2) is 5.75. The van der Waals surface area contributed by atoms with E-state index in [1.807, 2.05) is 30.3 Å². The lowest BCUT2D eigenvalue weighted by molar-refractivity contribution is -0.136. The number of carbonyl (C=O) groups excluding carboxylic acids is 1. The Morgan fingerprint density at radius 3 is 2.74 bits per heavy atom. The first-order chi connectivity index (χ1) is 11.0. The fraction of sp³-hybridized carbons (Fsp3) is 0.312. The van der Waals surface area contributed by atoms with Crippen LogP contribution in [0.15, 0.2) is 46.8 Å². The lowest BCUT2D eigenvalue weighted by Gasteiger charge is -2.32. The number of hydrogen-bond donors (Lipinski definition) is 2. The van der Waals surface area contributed by atoms with Crippen LogP contribution in [0.4, 0.5) is 0 Å². The lowest BCUT2D eigenvalue weighted by Crippen LogP contribution is -2.51. The van der Waals surface area contributed by atoms with Gasteiger partial charge in [0, 0.05) is 13.5 Å². The van der Waals surface area contributed by atoms with Gasteiger partial charge in [-0.05, 0) is 18.1 Å². The monoisotopic (exact) mass is 315 g/mol. The first kappa shape index (κ1) is 15.1. The Kier molecular flexibility index (Phi) is 3.77. The first-order valence-electron chi connectivity index (χ1n) is 7.25. The van der Waals surface area contributed by atoms with Crippen molar-refractivity contribution in [3.8, 4) is 0 Å². The van der Waals surface area contributed by atoms with Gasteiger partial charge in [-0.2, -0.15) is 0 Å². The number of nitrogens with zero attached hydrogens (tertiary/aromatic N) is 2. The van der Waals surface area contributed by atoms with Gasteiger partial charge in [0.2, 0.25) is 0 Å². The van der Waals surface area contributed by atoms with E-state index in [2.05, 4.69) is 10.6 Å². The van der Waals surface area contributed by atoms with Crippen molar-refractivity contribution < 1.29 is 19.5 Å². The van der Waals surface area contributed by atoms with E-state index >= 15 is 0 Å². The molecule has 2 N–H and O–H groups in total. The molecule has 2 heterocycles. The van der Waals surface area contributed by atoms with E-state index in [1.54, 1.807) is 6.92 Å². The zero-order valence-corrected chi connectivity index (χ0v) is 12.8. The lowest BCUT2D eigenvalue weighted by atomic mass is 9.87. The van der Waals surface area contributed by atoms with Crippen molar-refractivity contribution in [1.29, 1.82) is 0 Å². The molecule has 0 aliphatic carbocycles.